The smallest absolute Gasteiger partial charge is 0.363 e. The van der Waals surface area contributed by atoms with Crippen molar-refractivity contribution in [1.29, 1.82) is 0 Å². The van der Waals surface area contributed by atoms with Gasteiger partial charge in [-0.05, 0) is 31.0 Å². The van der Waals surface area contributed by atoms with E-state index in [1.165, 1.54) is 11.8 Å². The van der Waals surface area contributed by atoms with Crippen molar-refractivity contribution in [1.82, 2.24) is 9.78 Å². The summed E-state index contributed by atoms with van der Waals surface area (Å²) < 4.78 is 12.1. The first-order valence-corrected chi connectivity index (χ1v) is 9.06. The Kier molecular flexibility index (Phi) is 5.89. The van der Waals surface area contributed by atoms with E-state index in [0.717, 1.165) is 17.7 Å². The molecule has 0 N–H and O–H groups in total. The minimum absolute atomic E-state index is 0.0207. The first-order valence-electron chi connectivity index (χ1n) is 9.06. The second-order valence-corrected chi connectivity index (χ2v) is 6.29. The number of para-hydroxylation sites is 1. The molecule has 0 amide bonds. The number of hydrogen-bond donors (Lipinski definition) is 0. The lowest BCUT2D eigenvalue weighted by Crippen LogP contribution is -2.25. The standard InChI is InChI=1S/C22H22N2O4/c1-4-16-10-12-17(13-11-16)21(25)15(2)28-22(26)20-19(27-3)14-24(23-20)18-8-6-5-7-9-18/h5-15H,4H2,1-3H3/t15-/m1/s1. The van der Waals surface area contributed by atoms with Crippen LogP contribution in [0, 0.1) is 0 Å². The number of aromatic nitrogens is 2. The molecule has 3 aromatic rings. The van der Waals surface area contributed by atoms with Crippen LogP contribution in [0.25, 0.3) is 5.69 Å². The number of methoxy groups -OCH3 is 1. The highest BCUT2D eigenvalue weighted by atomic mass is 16.5. The molecule has 6 nitrogen and oxygen atoms in total. The van der Waals surface area contributed by atoms with Crippen molar-refractivity contribution in [3.05, 3.63) is 77.6 Å². The van der Waals surface area contributed by atoms with Gasteiger partial charge in [0, 0.05) is 5.56 Å². The fourth-order valence-electron chi connectivity index (χ4n) is 2.77. The molecule has 3 rings (SSSR count). The SMILES string of the molecule is CCc1ccc(C(=O)[C@@H](C)OC(=O)c2nn(-c3ccccc3)cc2OC)cc1. The number of ether oxygens (including phenoxy) is 2. The van der Waals surface area contributed by atoms with E-state index in [9.17, 15) is 9.59 Å². The molecular formula is C22H22N2O4. The van der Waals surface area contributed by atoms with Gasteiger partial charge in [0.1, 0.15) is 0 Å². The summed E-state index contributed by atoms with van der Waals surface area (Å²) in [7, 11) is 1.45. The summed E-state index contributed by atoms with van der Waals surface area (Å²) in [5, 5.41) is 4.26. The predicted octanol–water partition coefficient (Wildman–Crippen LogP) is 3.87. The zero-order valence-corrected chi connectivity index (χ0v) is 16.1. The average molecular weight is 378 g/mol. The second kappa shape index (κ2) is 8.52. The van der Waals surface area contributed by atoms with Gasteiger partial charge in [0.25, 0.3) is 0 Å². The molecule has 0 unspecified atom stereocenters. The second-order valence-electron chi connectivity index (χ2n) is 6.29. The molecule has 6 heteroatoms. The van der Waals surface area contributed by atoms with E-state index in [1.54, 1.807) is 25.3 Å². The highest BCUT2D eigenvalue weighted by Crippen LogP contribution is 2.21. The summed E-state index contributed by atoms with van der Waals surface area (Å²) in [5.74, 6) is -0.698. The maximum Gasteiger partial charge on any atom is 0.363 e. The van der Waals surface area contributed by atoms with Gasteiger partial charge in [-0.1, -0.05) is 49.4 Å². The van der Waals surface area contributed by atoms with Gasteiger partial charge in [0.15, 0.2) is 11.9 Å². The molecule has 0 aliphatic carbocycles. The molecule has 0 aliphatic heterocycles. The minimum Gasteiger partial charge on any atom is -0.493 e. The number of esters is 1. The van der Waals surface area contributed by atoms with Crippen LogP contribution in [-0.4, -0.2) is 34.7 Å². The van der Waals surface area contributed by atoms with Crippen molar-refractivity contribution >= 4 is 11.8 Å². The van der Waals surface area contributed by atoms with Gasteiger partial charge in [-0.25, -0.2) is 9.48 Å². The Morgan fingerprint density at radius 1 is 1.07 bits per heavy atom. The van der Waals surface area contributed by atoms with Crippen LogP contribution in [0.3, 0.4) is 0 Å². The normalized spacial score (nSPS) is 11.7. The van der Waals surface area contributed by atoms with E-state index in [0.29, 0.717) is 5.56 Å². The number of rotatable bonds is 7. The van der Waals surface area contributed by atoms with E-state index in [4.69, 9.17) is 9.47 Å². The van der Waals surface area contributed by atoms with Crippen LogP contribution in [0.15, 0.2) is 60.8 Å². The molecule has 1 heterocycles. The summed E-state index contributed by atoms with van der Waals surface area (Å²) in [6, 6.07) is 16.6. The lowest BCUT2D eigenvalue weighted by Gasteiger charge is -2.12. The number of Topliss-reactive ketones (excluding diaryl/α,β-unsaturated/α-hetero) is 1. The van der Waals surface area contributed by atoms with Gasteiger partial charge in [-0.3, -0.25) is 4.79 Å². The molecular weight excluding hydrogens is 356 g/mol. The Hall–Kier alpha value is -3.41. The van der Waals surface area contributed by atoms with Crippen molar-refractivity contribution in [2.75, 3.05) is 7.11 Å². The fraction of sp³-hybridized carbons (Fsp3) is 0.227. The molecule has 28 heavy (non-hydrogen) atoms. The van der Waals surface area contributed by atoms with Crippen molar-refractivity contribution in [2.24, 2.45) is 0 Å². The lowest BCUT2D eigenvalue weighted by molar-refractivity contribution is 0.0310. The van der Waals surface area contributed by atoms with E-state index in [1.807, 2.05) is 49.4 Å². The van der Waals surface area contributed by atoms with Crippen molar-refractivity contribution in [3.63, 3.8) is 0 Å². The summed E-state index contributed by atoms with van der Waals surface area (Å²) in [6.07, 6.45) is 1.55. The van der Waals surface area contributed by atoms with E-state index in [-0.39, 0.29) is 17.2 Å². The first kappa shape index (κ1) is 19.4. The highest BCUT2D eigenvalue weighted by Gasteiger charge is 2.25. The quantitative estimate of drug-likeness (QED) is 0.461. The molecule has 0 spiro atoms. The number of ketones is 1. The number of carbonyl (C=O) groups excluding carboxylic acids is 2. The van der Waals surface area contributed by atoms with Crippen molar-refractivity contribution < 1.29 is 19.1 Å². The molecule has 0 bridgehead atoms. The molecule has 144 valence electrons. The molecule has 2 aromatic carbocycles. The van der Waals surface area contributed by atoms with E-state index in [2.05, 4.69) is 5.10 Å². The maximum absolute atomic E-state index is 12.6. The molecule has 0 aliphatic rings. The van der Waals surface area contributed by atoms with Crippen LogP contribution < -0.4 is 4.74 Å². The zero-order valence-electron chi connectivity index (χ0n) is 16.1. The fourth-order valence-corrected chi connectivity index (χ4v) is 2.77. The Morgan fingerprint density at radius 3 is 2.36 bits per heavy atom. The van der Waals surface area contributed by atoms with E-state index < -0.39 is 12.1 Å². The van der Waals surface area contributed by atoms with Crippen LogP contribution in [0.4, 0.5) is 0 Å². The molecule has 0 fully saturated rings. The lowest BCUT2D eigenvalue weighted by atomic mass is 10.0. The zero-order chi connectivity index (χ0) is 20.1. The van der Waals surface area contributed by atoms with Gasteiger partial charge in [-0.2, -0.15) is 5.10 Å². The Balaban J connectivity index is 1.76. The van der Waals surface area contributed by atoms with Crippen molar-refractivity contribution in [3.8, 4) is 11.4 Å². The summed E-state index contributed by atoms with van der Waals surface area (Å²) in [6.45, 7) is 3.60. The number of nitrogens with zero attached hydrogens (tertiary/aromatic N) is 2. The van der Waals surface area contributed by atoms with E-state index >= 15 is 0 Å². The van der Waals surface area contributed by atoms with Gasteiger partial charge in [-0.15, -0.1) is 0 Å². The monoisotopic (exact) mass is 378 g/mol. The van der Waals surface area contributed by atoms with Crippen LogP contribution in [0.2, 0.25) is 0 Å². The molecule has 0 saturated carbocycles. The molecule has 0 saturated heterocycles. The topological polar surface area (TPSA) is 70.4 Å². The Labute approximate surface area is 163 Å². The third kappa shape index (κ3) is 4.11. The number of carbonyl (C=O) groups is 2. The highest BCUT2D eigenvalue weighted by molar-refractivity contribution is 6.01. The average Bonchev–Trinajstić information content (AvgIpc) is 3.18. The summed E-state index contributed by atoms with van der Waals surface area (Å²) in [4.78, 5) is 25.1. The number of benzene rings is 2. The largest absolute Gasteiger partial charge is 0.493 e. The molecule has 1 atom stereocenters. The Bertz CT molecular complexity index is 962. The van der Waals surface area contributed by atoms with Crippen LogP contribution in [-0.2, 0) is 11.2 Å². The maximum atomic E-state index is 12.6. The van der Waals surface area contributed by atoms with Gasteiger partial charge in [0.2, 0.25) is 11.5 Å². The van der Waals surface area contributed by atoms with Gasteiger partial charge >= 0.3 is 5.97 Å². The number of aryl methyl sites for hydroxylation is 1. The molecule has 1 aromatic heterocycles. The van der Waals surface area contributed by atoms with Crippen LogP contribution in [0.1, 0.15) is 40.3 Å². The first-order chi connectivity index (χ1) is 13.5. The minimum atomic E-state index is -0.938. The number of hydrogen-bond acceptors (Lipinski definition) is 5. The molecule has 0 radical (unpaired) electrons. The van der Waals surface area contributed by atoms with Gasteiger partial charge in [0.05, 0.1) is 19.0 Å². The third-order valence-corrected chi connectivity index (χ3v) is 4.41. The third-order valence-electron chi connectivity index (χ3n) is 4.41. The summed E-state index contributed by atoms with van der Waals surface area (Å²) in [5.41, 5.74) is 2.43. The predicted molar refractivity (Wildman–Crippen MR) is 105 cm³/mol. The van der Waals surface area contributed by atoms with Crippen LogP contribution >= 0.6 is 0 Å². The van der Waals surface area contributed by atoms with Gasteiger partial charge < -0.3 is 9.47 Å². The summed E-state index contributed by atoms with van der Waals surface area (Å²) >= 11 is 0. The Morgan fingerprint density at radius 2 is 1.75 bits per heavy atom. The van der Waals surface area contributed by atoms with Crippen molar-refractivity contribution in [2.45, 2.75) is 26.4 Å². The van der Waals surface area contributed by atoms with Crippen LogP contribution in [0.5, 0.6) is 5.75 Å².